The predicted octanol–water partition coefficient (Wildman–Crippen LogP) is 5.70. The summed E-state index contributed by atoms with van der Waals surface area (Å²) in [5.41, 5.74) is 11.0. The van der Waals surface area contributed by atoms with Gasteiger partial charge in [-0.15, -0.1) is 0 Å². The molecule has 4 aromatic carbocycles. The average molecular weight is 692 g/mol. The molecule has 0 saturated carbocycles. The number of hydrogen-bond donors (Lipinski definition) is 0. The van der Waals surface area contributed by atoms with Crippen molar-refractivity contribution in [3.8, 4) is 16.8 Å². The summed E-state index contributed by atoms with van der Waals surface area (Å²) in [5.74, 6) is 0. The summed E-state index contributed by atoms with van der Waals surface area (Å²) in [5, 5.41) is 4.93. The van der Waals surface area contributed by atoms with Gasteiger partial charge in [-0.1, -0.05) is 24.3 Å². The van der Waals surface area contributed by atoms with Crippen LogP contribution in [0.4, 0.5) is 0 Å². The third kappa shape index (κ3) is 3.67. The topological polar surface area (TPSA) is 43.6 Å². The quantitative estimate of drug-likeness (QED) is 0.172. The zero-order chi connectivity index (χ0) is 30.0. The molecular formula is C40H28IN4-. The second-order valence-corrected chi connectivity index (χ2v) is 13.8. The summed E-state index contributed by atoms with van der Waals surface area (Å²) in [6, 6.07) is 41.6. The average Bonchev–Trinajstić information content (AvgIpc) is 3.60. The predicted molar refractivity (Wildman–Crippen MR) is 179 cm³/mol. The van der Waals surface area contributed by atoms with Gasteiger partial charge in [-0.25, -0.2) is 0 Å². The van der Waals surface area contributed by atoms with Crippen LogP contribution in [0, 0.1) is 0 Å². The second-order valence-electron chi connectivity index (χ2n) is 11.5. The molecule has 0 spiro atoms. The third-order valence-electron chi connectivity index (χ3n) is 9.33. The van der Waals surface area contributed by atoms with Gasteiger partial charge in [-0.2, -0.15) is 0 Å². The molecule has 9 rings (SSSR count). The van der Waals surface area contributed by atoms with Gasteiger partial charge in [0.15, 0.2) is 0 Å². The van der Waals surface area contributed by atoms with Crippen LogP contribution in [0.3, 0.4) is 0 Å². The number of pyridine rings is 3. The Kier molecular flexibility index (Phi) is 6.10. The Bertz CT molecular complexity index is 2360. The van der Waals surface area contributed by atoms with E-state index < -0.39 is 5.41 Å². The van der Waals surface area contributed by atoms with Crippen LogP contribution in [0.25, 0.3) is 49.4 Å². The van der Waals surface area contributed by atoms with Crippen molar-refractivity contribution < 1.29 is 21.2 Å². The molecule has 0 radical (unpaired) electrons. The molecule has 0 aliphatic heterocycles. The fraction of sp³-hybridized carbons (Fsp3) is 0.0750. The van der Waals surface area contributed by atoms with Crippen LogP contribution in [-0.2, 0) is 9.84 Å². The van der Waals surface area contributed by atoms with Gasteiger partial charge < -0.3 is 0 Å². The molecule has 0 saturated heterocycles. The molecule has 5 heteroatoms. The molecule has 0 amide bonds. The number of fused-ring (bicyclic) bond motifs is 8. The van der Waals surface area contributed by atoms with E-state index in [4.69, 9.17) is 15.0 Å². The standard InChI is InChI=1S/C40H28IN4/c1-41-24-26-10-8-13-29-27(26)12-9-15-33(29)45-34-20-23-42-25-31(34)38-35(45)19-18-30-28-11-2-3-14-32(28)40(39(30)38,36-16-4-6-21-43-36)37-17-5-7-22-44-37/h2-23,25H,24H2,1H3/q-1. The van der Waals surface area contributed by atoms with E-state index in [1.165, 1.54) is 54.1 Å². The first kappa shape index (κ1) is 26.5. The van der Waals surface area contributed by atoms with Gasteiger partial charge in [0.2, 0.25) is 0 Å². The minimum absolute atomic E-state index is 0.131. The van der Waals surface area contributed by atoms with Gasteiger partial charge in [0, 0.05) is 12.4 Å². The van der Waals surface area contributed by atoms with E-state index in [-0.39, 0.29) is 21.2 Å². The molecule has 1 aliphatic carbocycles. The fourth-order valence-corrected chi connectivity index (χ4v) is 9.14. The molecule has 216 valence electrons. The van der Waals surface area contributed by atoms with E-state index in [9.17, 15) is 0 Å². The van der Waals surface area contributed by atoms with Crippen molar-refractivity contribution in [3.05, 3.63) is 168 Å². The van der Waals surface area contributed by atoms with Crippen LogP contribution in [0.1, 0.15) is 28.1 Å². The van der Waals surface area contributed by atoms with Gasteiger partial charge in [-0.3, -0.25) is 0 Å². The van der Waals surface area contributed by atoms with Crippen molar-refractivity contribution in [3.63, 3.8) is 0 Å². The van der Waals surface area contributed by atoms with Crippen molar-refractivity contribution in [2.45, 2.75) is 9.84 Å². The fourth-order valence-electron chi connectivity index (χ4n) is 7.65. The van der Waals surface area contributed by atoms with Gasteiger partial charge in [0.05, 0.1) is 0 Å². The second kappa shape index (κ2) is 10.3. The molecule has 45 heavy (non-hydrogen) atoms. The van der Waals surface area contributed by atoms with Gasteiger partial charge in [-0.05, 0) is 12.1 Å². The normalized spacial score (nSPS) is 13.4. The van der Waals surface area contributed by atoms with Crippen LogP contribution in [-0.4, -0.2) is 24.4 Å². The Balaban J connectivity index is 1.48. The molecule has 0 unspecified atom stereocenters. The summed E-state index contributed by atoms with van der Waals surface area (Å²) < 4.78 is 3.61. The van der Waals surface area contributed by atoms with Crippen LogP contribution >= 0.6 is 0 Å². The molecule has 4 heterocycles. The van der Waals surface area contributed by atoms with E-state index in [0.717, 1.165) is 27.8 Å². The summed E-state index contributed by atoms with van der Waals surface area (Å²) in [6.45, 7) is 0. The van der Waals surface area contributed by atoms with Gasteiger partial charge in [0.25, 0.3) is 0 Å². The number of benzene rings is 4. The van der Waals surface area contributed by atoms with Gasteiger partial charge >= 0.3 is 224 Å². The monoisotopic (exact) mass is 691 g/mol. The molecule has 8 aromatic rings. The number of nitrogens with zero attached hydrogens (tertiary/aromatic N) is 4. The Morgan fingerprint density at radius 2 is 1.38 bits per heavy atom. The molecular weight excluding hydrogens is 663 g/mol. The molecule has 0 N–H and O–H groups in total. The number of aromatic nitrogens is 4. The zero-order valence-electron chi connectivity index (χ0n) is 24.7. The van der Waals surface area contributed by atoms with Crippen molar-refractivity contribution in [1.82, 2.24) is 19.5 Å². The summed E-state index contributed by atoms with van der Waals surface area (Å²) in [6.07, 6.45) is 7.75. The number of alkyl halides is 2. The van der Waals surface area contributed by atoms with Crippen molar-refractivity contribution >= 4 is 32.6 Å². The number of rotatable bonds is 5. The molecule has 1 aliphatic rings. The van der Waals surface area contributed by atoms with Crippen LogP contribution in [0.15, 0.2) is 140 Å². The van der Waals surface area contributed by atoms with Gasteiger partial charge in [0.1, 0.15) is 0 Å². The summed E-state index contributed by atoms with van der Waals surface area (Å²) in [4.78, 5) is 17.2. The van der Waals surface area contributed by atoms with Crippen LogP contribution in [0.2, 0.25) is 0 Å². The molecule has 4 nitrogen and oxygen atoms in total. The van der Waals surface area contributed by atoms with E-state index in [2.05, 4.69) is 113 Å². The van der Waals surface area contributed by atoms with E-state index in [1.54, 1.807) is 0 Å². The van der Waals surface area contributed by atoms with Crippen molar-refractivity contribution in [2.75, 3.05) is 4.93 Å². The van der Waals surface area contributed by atoms with Crippen LogP contribution < -0.4 is 21.2 Å². The van der Waals surface area contributed by atoms with E-state index in [0.29, 0.717) is 0 Å². The van der Waals surface area contributed by atoms with Crippen molar-refractivity contribution in [2.24, 2.45) is 0 Å². The number of halogens is 1. The zero-order valence-corrected chi connectivity index (χ0v) is 26.8. The number of hydrogen-bond acceptors (Lipinski definition) is 3. The molecule has 0 bridgehead atoms. The molecule has 4 aromatic heterocycles. The Morgan fingerprint density at radius 1 is 0.622 bits per heavy atom. The first-order valence-electron chi connectivity index (χ1n) is 15.1. The van der Waals surface area contributed by atoms with Crippen LogP contribution in [0.5, 0.6) is 0 Å². The maximum absolute atomic E-state index is 5.07. The first-order chi connectivity index (χ1) is 22.3. The summed E-state index contributed by atoms with van der Waals surface area (Å²) in [7, 11) is 0. The van der Waals surface area contributed by atoms with E-state index in [1.807, 2.05) is 36.9 Å². The van der Waals surface area contributed by atoms with E-state index >= 15 is 0 Å². The Labute approximate surface area is 271 Å². The minimum atomic E-state index is -0.709. The molecule has 0 atom stereocenters. The first-order valence-corrected chi connectivity index (χ1v) is 18.8. The summed E-state index contributed by atoms with van der Waals surface area (Å²) >= 11 is 0.131. The molecule has 0 fully saturated rings. The third-order valence-corrected chi connectivity index (χ3v) is 10.9. The Morgan fingerprint density at radius 3 is 2.16 bits per heavy atom. The Hall–Kier alpha value is -4.88. The SMILES string of the molecule is C[I-]Cc1cccc2c(-n3c4ccncc4c4c5c(ccc43)-c3ccccc3C5(c3ccccn3)c3ccccn3)cccc12. The van der Waals surface area contributed by atoms with Crippen molar-refractivity contribution in [1.29, 1.82) is 0 Å². The maximum atomic E-state index is 5.07.